The summed E-state index contributed by atoms with van der Waals surface area (Å²) in [5.74, 6) is -2.10. The molecule has 2 aliphatic rings. The Morgan fingerprint density at radius 2 is 1.46 bits per heavy atom. The molecule has 0 radical (unpaired) electrons. The lowest BCUT2D eigenvalue weighted by molar-refractivity contribution is 0.474. The third-order valence-corrected chi connectivity index (χ3v) is 8.14. The Balaban J connectivity index is 0.000000316. The maximum absolute atomic E-state index is 13.9. The maximum atomic E-state index is 13.9. The van der Waals surface area contributed by atoms with Crippen LogP contribution in [0.3, 0.4) is 0 Å². The van der Waals surface area contributed by atoms with E-state index in [1.807, 2.05) is 0 Å². The Labute approximate surface area is 266 Å². The van der Waals surface area contributed by atoms with Gasteiger partial charge in [-0.25, -0.2) is 23.1 Å². The van der Waals surface area contributed by atoms with Crippen molar-refractivity contribution in [1.82, 2.24) is 19.9 Å². The summed E-state index contributed by atoms with van der Waals surface area (Å²) in [5, 5.41) is 3.28. The van der Waals surface area contributed by atoms with Gasteiger partial charge in [0.1, 0.15) is 5.82 Å². The number of aryl methyl sites for hydroxylation is 1. The highest BCUT2D eigenvalue weighted by atomic mass is 19.2. The maximum Gasteiger partial charge on any atom is 0.160 e. The van der Waals surface area contributed by atoms with Gasteiger partial charge in [-0.15, -0.1) is 0 Å². The molecular weight excluding hydrogens is 583 g/mol. The van der Waals surface area contributed by atoms with Crippen molar-refractivity contribution in [3.8, 4) is 22.3 Å². The molecule has 5 nitrogen and oxygen atoms in total. The van der Waals surface area contributed by atoms with Crippen molar-refractivity contribution >= 4 is 17.5 Å². The van der Waals surface area contributed by atoms with E-state index in [1.165, 1.54) is 46.0 Å². The second-order valence-electron chi connectivity index (χ2n) is 12.0. The summed E-state index contributed by atoms with van der Waals surface area (Å²) in [4.78, 5) is 12.8. The third-order valence-electron chi connectivity index (χ3n) is 8.14. The Morgan fingerprint density at radius 3 is 2.09 bits per heavy atom. The van der Waals surface area contributed by atoms with Crippen LogP contribution in [0.4, 0.5) is 24.5 Å². The summed E-state index contributed by atoms with van der Waals surface area (Å²) in [5.41, 5.74) is 10.8. The van der Waals surface area contributed by atoms with Gasteiger partial charge in [0.05, 0.1) is 12.7 Å². The Morgan fingerprint density at radius 1 is 0.717 bits per heavy atom. The van der Waals surface area contributed by atoms with Crippen molar-refractivity contribution in [3.05, 3.63) is 150 Å². The van der Waals surface area contributed by atoms with Crippen LogP contribution in [0.5, 0.6) is 0 Å². The predicted molar refractivity (Wildman–Crippen MR) is 178 cm³/mol. The van der Waals surface area contributed by atoms with E-state index >= 15 is 0 Å². The van der Waals surface area contributed by atoms with Gasteiger partial charge in [0.2, 0.25) is 0 Å². The summed E-state index contributed by atoms with van der Waals surface area (Å²) in [7, 11) is 0. The smallest absolute Gasteiger partial charge is 0.160 e. The van der Waals surface area contributed by atoms with E-state index in [0.29, 0.717) is 5.69 Å². The number of nitrogens with one attached hydrogen (secondary N) is 3. The number of fused-ring (bicyclic) bond motifs is 5. The van der Waals surface area contributed by atoms with Gasteiger partial charge in [-0.1, -0.05) is 50.3 Å². The fraction of sp³-hybridized carbons (Fsp3) is 0.158. The molecular formula is C38H34F3N5. The first-order valence-corrected chi connectivity index (χ1v) is 15.1. The quantitative estimate of drug-likeness (QED) is 0.185. The van der Waals surface area contributed by atoms with E-state index in [-0.39, 0.29) is 11.2 Å². The third kappa shape index (κ3) is 6.96. The van der Waals surface area contributed by atoms with Crippen LogP contribution in [-0.2, 0) is 19.3 Å². The van der Waals surface area contributed by atoms with Crippen molar-refractivity contribution in [3.63, 3.8) is 0 Å². The molecule has 0 atom stereocenters. The van der Waals surface area contributed by atoms with Gasteiger partial charge in [-0.05, 0) is 100 Å². The number of benzene rings is 4. The highest BCUT2D eigenvalue weighted by Crippen LogP contribution is 2.44. The van der Waals surface area contributed by atoms with Gasteiger partial charge < -0.3 is 15.3 Å². The molecule has 0 amide bonds. The van der Waals surface area contributed by atoms with Crippen LogP contribution in [0.25, 0.3) is 28.3 Å². The molecule has 0 fully saturated rings. The van der Waals surface area contributed by atoms with Gasteiger partial charge in [0.15, 0.2) is 11.6 Å². The minimum absolute atomic E-state index is 0.157. The molecule has 3 N–H and O–H groups in total. The fourth-order valence-corrected chi connectivity index (χ4v) is 5.95. The van der Waals surface area contributed by atoms with Gasteiger partial charge in [0.25, 0.3) is 0 Å². The normalized spacial score (nSPS) is 13.6. The first-order chi connectivity index (χ1) is 22.3. The Bertz CT molecular complexity index is 1880. The fourth-order valence-electron chi connectivity index (χ4n) is 5.95. The number of rotatable bonds is 3. The molecule has 6 aromatic rings. The number of anilines is 2. The molecule has 2 aliphatic carbocycles. The van der Waals surface area contributed by atoms with Gasteiger partial charge >= 0.3 is 0 Å². The standard InChI is InChI=1S/C32H26F3N.2C3H4N2/c1-32(2)14-13-24-21(18-32)6-11-26-25(24)10-5-20-15-31(36-23-9-12-29(34)30(35)16-23)28(17-27(20)26)19-3-7-22(33)8-4-19;2*1-2-5-3-4-1/h3-4,6-9,11-17,36H,5,10,18H2,1-2H3;2*1-3H,(H,4,5). The van der Waals surface area contributed by atoms with Crippen molar-refractivity contribution in [2.75, 3.05) is 5.32 Å². The largest absolute Gasteiger partial charge is 0.355 e. The summed E-state index contributed by atoms with van der Waals surface area (Å²) < 4.78 is 41.1. The lowest BCUT2D eigenvalue weighted by Gasteiger charge is -2.31. The number of aromatic amines is 2. The molecule has 2 aromatic heterocycles. The number of nitrogens with zero attached hydrogens (tertiary/aromatic N) is 2. The van der Waals surface area contributed by atoms with E-state index in [2.05, 4.69) is 75.5 Å². The highest BCUT2D eigenvalue weighted by molar-refractivity contribution is 5.89. The molecule has 2 heterocycles. The minimum atomic E-state index is -0.906. The molecule has 0 saturated carbocycles. The molecule has 0 aliphatic heterocycles. The molecule has 0 unspecified atom stereocenters. The van der Waals surface area contributed by atoms with Crippen LogP contribution in [0, 0.1) is 22.9 Å². The zero-order chi connectivity index (χ0) is 32.1. The van der Waals surface area contributed by atoms with Crippen LogP contribution in [0.1, 0.15) is 36.1 Å². The van der Waals surface area contributed by atoms with Crippen LogP contribution >= 0.6 is 0 Å². The molecule has 8 rings (SSSR count). The van der Waals surface area contributed by atoms with Gasteiger partial charge in [-0.3, -0.25) is 0 Å². The number of H-pyrrole nitrogens is 2. The number of aromatic nitrogens is 4. The van der Waals surface area contributed by atoms with E-state index in [4.69, 9.17) is 0 Å². The summed E-state index contributed by atoms with van der Waals surface area (Å²) >= 11 is 0. The second-order valence-corrected chi connectivity index (χ2v) is 12.0. The number of halogens is 3. The van der Waals surface area contributed by atoms with Crippen LogP contribution in [0.15, 0.2) is 110 Å². The molecule has 232 valence electrons. The summed E-state index contributed by atoms with van der Waals surface area (Å²) in [6.45, 7) is 4.52. The molecule has 0 saturated heterocycles. The van der Waals surface area contributed by atoms with Crippen molar-refractivity contribution in [1.29, 1.82) is 0 Å². The zero-order valence-electron chi connectivity index (χ0n) is 25.6. The number of allylic oxidation sites excluding steroid dienone is 1. The van der Waals surface area contributed by atoms with Gasteiger partial charge in [0, 0.05) is 47.8 Å². The average molecular weight is 618 g/mol. The lowest BCUT2D eigenvalue weighted by atomic mass is 9.74. The number of imidazole rings is 2. The number of hydrogen-bond donors (Lipinski definition) is 3. The van der Waals surface area contributed by atoms with Crippen molar-refractivity contribution < 1.29 is 13.2 Å². The van der Waals surface area contributed by atoms with Crippen LogP contribution in [-0.4, -0.2) is 19.9 Å². The second kappa shape index (κ2) is 13.3. The molecule has 46 heavy (non-hydrogen) atoms. The Kier molecular flexibility index (Phi) is 8.88. The summed E-state index contributed by atoms with van der Waals surface area (Å²) in [6, 6.07) is 18.9. The van der Waals surface area contributed by atoms with Crippen molar-refractivity contribution in [2.45, 2.75) is 33.1 Å². The molecule has 0 bridgehead atoms. The van der Waals surface area contributed by atoms with E-state index in [0.717, 1.165) is 53.8 Å². The average Bonchev–Trinajstić information content (AvgIpc) is 3.83. The monoisotopic (exact) mass is 617 g/mol. The topological polar surface area (TPSA) is 69.4 Å². The lowest BCUT2D eigenvalue weighted by Crippen LogP contribution is -2.18. The highest BCUT2D eigenvalue weighted by Gasteiger charge is 2.27. The SMILES string of the molecule is CC1(C)C=Cc2c(ccc3c2CCc2cc(Nc4ccc(F)c(F)c4)c(-c4ccc(F)cc4)cc2-3)C1.c1c[nH]cn1.c1c[nH]cn1. The zero-order valence-corrected chi connectivity index (χ0v) is 25.6. The Hall–Kier alpha value is -5.37. The number of hydrogen-bond acceptors (Lipinski definition) is 3. The van der Waals surface area contributed by atoms with Gasteiger partial charge in [-0.2, -0.15) is 0 Å². The first-order valence-electron chi connectivity index (χ1n) is 15.1. The van der Waals surface area contributed by atoms with Crippen LogP contribution < -0.4 is 5.32 Å². The molecule has 4 aromatic carbocycles. The predicted octanol–water partition coefficient (Wildman–Crippen LogP) is 9.69. The summed E-state index contributed by atoms with van der Waals surface area (Å²) in [6.07, 6.45) is 17.6. The van der Waals surface area contributed by atoms with E-state index in [9.17, 15) is 13.2 Å². The molecule has 0 spiro atoms. The minimum Gasteiger partial charge on any atom is -0.355 e. The van der Waals surface area contributed by atoms with Crippen molar-refractivity contribution in [2.24, 2.45) is 5.41 Å². The first kappa shape index (κ1) is 30.6. The van der Waals surface area contributed by atoms with Crippen LogP contribution in [0.2, 0.25) is 0 Å². The molecule has 8 heteroatoms. The van der Waals surface area contributed by atoms with E-state index < -0.39 is 11.6 Å². The van der Waals surface area contributed by atoms with E-state index in [1.54, 1.807) is 49.6 Å².